The number of hydrogen-bond acceptors (Lipinski definition) is 4. The lowest BCUT2D eigenvalue weighted by atomic mass is 10.1. The zero-order valence-electron chi connectivity index (χ0n) is 15.2. The van der Waals surface area contributed by atoms with Crippen molar-refractivity contribution < 1.29 is 27.9 Å². The molecular weight excluding hydrogens is 389 g/mol. The summed E-state index contributed by atoms with van der Waals surface area (Å²) < 4.78 is 37.9. The topological polar surface area (TPSA) is 80.8 Å². The fraction of sp³-hybridized carbons (Fsp3) is 0.263. The van der Waals surface area contributed by atoms with Crippen molar-refractivity contribution in [2.75, 3.05) is 31.1 Å². The maximum atomic E-state index is 12.6. The number of nitro groups is 1. The van der Waals surface area contributed by atoms with Crippen molar-refractivity contribution in [2.45, 2.75) is 6.18 Å². The Hall–Kier alpha value is -3.43. The van der Waals surface area contributed by atoms with Gasteiger partial charge in [-0.15, -0.1) is 0 Å². The van der Waals surface area contributed by atoms with Gasteiger partial charge >= 0.3 is 6.18 Å². The van der Waals surface area contributed by atoms with E-state index in [2.05, 4.69) is 4.98 Å². The number of nitrogens with zero attached hydrogens (tertiary/aromatic N) is 3. The van der Waals surface area contributed by atoms with E-state index in [1.807, 2.05) is 4.90 Å². The van der Waals surface area contributed by atoms with E-state index in [9.17, 15) is 28.1 Å². The number of nitro benzene ring substituents is 1. The van der Waals surface area contributed by atoms with Gasteiger partial charge in [0.15, 0.2) is 0 Å². The summed E-state index contributed by atoms with van der Waals surface area (Å²) in [6.45, 7) is 1.67. The molecule has 1 saturated heterocycles. The zero-order valence-corrected chi connectivity index (χ0v) is 15.2. The number of pyridine rings is 1. The van der Waals surface area contributed by atoms with E-state index in [0.29, 0.717) is 37.6 Å². The van der Waals surface area contributed by atoms with Crippen LogP contribution in [-0.4, -0.2) is 41.9 Å². The fourth-order valence-electron chi connectivity index (χ4n) is 3.02. The SMILES string of the molecule is O=C(/C=C/c1ccccc1[N+](=O)[O-])N1CCN(c2ccc(C(F)(F)F)c[nH+]2)CC1. The fourth-order valence-corrected chi connectivity index (χ4v) is 3.02. The van der Waals surface area contributed by atoms with Crippen LogP contribution in [0.1, 0.15) is 11.1 Å². The molecule has 152 valence electrons. The highest BCUT2D eigenvalue weighted by Crippen LogP contribution is 2.28. The van der Waals surface area contributed by atoms with E-state index in [4.69, 9.17) is 0 Å². The van der Waals surface area contributed by atoms with E-state index in [0.717, 1.165) is 12.3 Å². The Labute approximate surface area is 164 Å². The summed E-state index contributed by atoms with van der Waals surface area (Å²) in [5.74, 6) is 0.264. The Morgan fingerprint density at radius 2 is 1.79 bits per heavy atom. The first kappa shape index (κ1) is 20.3. The summed E-state index contributed by atoms with van der Waals surface area (Å²) in [6, 6.07) is 8.50. The number of aromatic nitrogens is 1. The molecule has 1 fully saturated rings. The highest BCUT2D eigenvalue weighted by atomic mass is 19.4. The number of hydrogen-bond donors (Lipinski definition) is 0. The first-order chi connectivity index (χ1) is 13.8. The van der Waals surface area contributed by atoms with Gasteiger partial charge in [0.25, 0.3) is 11.5 Å². The maximum Gasteiger partial charge on any atom is 0.419 e. The van der Waals surface area contributed by atoms with Gasteiger partial charge in [0.05, 0.1) is 29.1 Å². The van der Waals surface area contributed by atoms with Crippen LogP contribution in [-0.2, 0) is 11.0 Å². The van der Waals surface area contributed by atoms with E-state index in [-0.39, 0.29) is 11.6 Å². The highest BCUT2D eigenvalue weighted by molar-refractivity contribution is 5.92. The van der Waals surface area contributed by atoms with Gasteiger partial charge in [-0.25, -0.2) is 4.98 Å². The third kappa shape index (κ3) is 4.89. The quantitative estimate of drug-likeness (QED) is 0.444. The number of aromatic amines is 1. The Morgan fingerprint density at radius 1 is 1.10 bits per heavy atom. The Kier molecular flexibility index (Phi) is 5.81. The van der Waals surface area contributed by atoms with Crippen LogP contribution < -0.4 is 9.88 Å². The van der Waals surface area contributed by atoms with Crippen LogP contribution >= 0.6 is 0 Å². The molecule has 1 aliphatic heterocycles. The van der Waals surface area contributed by atoms with Crippen molar-refractivity contribution in [2.24, 2.45) is 0 Å². The molecular formula is C19H18F3N4O3+. The number of para-hydroxylation sites is 1. The minimum Gasteiger partial charge on any atom is -0.331 e. The molecule has 1 amide bonds. The molecule has 1 aromatic carbocycles. The second-order valence-electron chi connectivity index (χ2n) is 6.42. The number of halogens is 3. The number of anilines is 1. The molecule has 0 saturated carbocycles. The lowest BCUT2D eigenvalue weighted by Gasteiger charge is -2.30. The number of benzene rings is 1. The van der Waals surface area contributed by atoms with Gasteiger partial charge in [-0.1, -0.05) is 12.1 Å². The number of piperazine rings is 1. The third-order valence-electron chi connectivity index (χ3n) is 4.59. The lowest BCUT2D eigenvalue weighted by molar-refractivity contribution is -0.385. The van der Waals surface area contributed by atoms with Gasteiger partial charge in [0, 0.05) is 18.2 Å². The normalized spacial score (nSPS) is 15.0. The van der Waals surface area contributed by atoms with Crippen LogP contribution in [0.25, 0.3) is 6.08 Å². The van der Waals surface area contributed by atoms with Crippen LogP contribution in [0.3, 0.4) is 0 Å². The van der Waals surface area contributed by atoms with Crippen molar-refractivity contribution in [3.63, 3.8) is 0 Å². The van der Waals surface area contributed by atoms with Crippen molar-refractivity contribution in [3.05, 3.63) is 69.9 Å². The Morgan fingerprint density at radius 3 is 2.38 bits per heavy atom. The van der Waals surface area contributed by atoms with E-state index in [1.54, 1.807) is 23.1 Å². The predicted octanol–water partition coefficient (Wildman–Crippen LogP) is 2.79. The smallest absolute Gasteiger partial charge is 0.331 e. The summed E-state index contributed by atoms with van der Waals surface area (Å²) in [6.07, 6.45) is -0.776. The number of carbonyl (C=O) groups excluding carboxylic acids is 1. The van der Waals surface area contributed by atoms with Gasteiger partial charge in [-0.05, 0) is 18.2 Å². The summed E-state index contributed by atoms with van der Waals surface area (Å²) in [5.41, 5.74) is -0.502. The molecule has 29 heavy (non-hydrogen) atoms. The molecule has 3 rings (SSSR count). The number of alkyl halides is 3. The van der Waals surface area contributed by atoms with Crippen molar-refractivity contribution >= 4 is 23.5 Å². The van der Waals surface area contributed by atoms with Gasteiger partial charge in [0.1, 0.15) is 19.3 Å². The standard InChI is InChI=1S/C19H17F3N4O3/c20-19(21,22)15-6-7-17(23-13-15)24-9-11-25(12-10-24)18(27)8-5-14-3-1-2-4-16(14)26(28)29/h1-8,13H,9-12H2/p+1/b8-5+. The summed E-state index contributed by atoms with van der Waals surface area (Å²) in [7, 11) is 0. The van der Waals surface area contributed by atoms with Gasteiger partial charge < -0.3 is 4.90 Å². The minimum atomic E-state index is -4.40. The molecule has 7 nitrogen and oxygen atoms in total. The first-order valence-electron chi connectivity index (χ1n) is 8.80. The summed E-state index contributed by atoms with van der Waals surface area (Å²) in [5, 5.41) is 11.0. The molecule has 0 atom stereocenters. The largest absolute Gasteiger partial charge is 0.419 e. The van der Waals surface area contributed by atoms with Crippen LogP contribution in [0.2, 0.25) is 0 Å². The predicted molar refractivity (Wildman–Crippen MR) is 98.9 cm³/mol. The van der Waals surface area contributed by atoms with Crippen LogP contribution in [0.15, 0.2) is 48.7 Å². The van der Waals surface area contributed by atoms with Crippen molar-refractivity contribution in [1.29, 1.82) is 0 Å². The molecule has 0 aliphatic carbocycles. The molecule has 0 radical (unpaired) electrons. The van der Waals surface area contributed by atoms with E-state index >= 15 is 0 Å². The van der Waals surface area contributed by atoms with Crippen molar-refractivity contribution in [3.8, 4) is 0 Å². The molecule has 10 heteroatoms. The molecule has 0 unspecified atom stereocenters. The van der Waals surface area contributed by atoms with E-state index in [1.165, 1.54) is 24.3 Å². The molecule has 0 spiro atoms. The van der Waals surface area contributed by atoms with Crippen LogP contribution in [0, 0.1) is 10.1 Å². The zero-order chi connectivity index (χ0) is 21.0. The van der Waals surface area contributed by atoms with Gasteiger partial charge in [-0.3, -0.25) is 19.8 Å². The van der Waals surface area contributed by atoms with E-state index < -0.39 is 16.7 Å². The first-order valence-corrected chi connectivity index (χ1v) is 8.80. The number of H-pyrrole nitrogens is 1. The maximum absolute atomic E-state index is 12.6. The highest BCUT2D eigenvalue weighted by Gasteiger charge is 2.32. The van der Waals surface area contributed by atoms with Crippen molar-refractivity contribution in [1.82, 2.24) is 4.90 Å². The summed E-state index contributed by atoms with van der Waals surface area (Å²) >= 11 is 0. The van der Waals surface area contributed by atoms with Gasteiger partial charge in [-0.2, -0.15) is 13.2 Å². The lowest BCUT2D eigenvalue weighted by Crippen LogP contribution is -2.49. The third-order valence-corrected chi connectivity index (χ3v) is 4.59. The number of nitrogens with one attached hydrogen (secondary N) is 1. The molecule has 1 N–H and O–H groups in total. The van der Waals surface area contributed by atoms with Crippen LogP contribution in [0.5, 0.6) is 0 Å². The molecule has 2 aromatic rings. The molecule has 1 aromatic heterocycles. The monoisotopic (exact) mass is 407 g/mol. The Balaban J connectivity index is 1.59. The average molecular weight is 407 g/mol. The number of amides is 1. The molecule has 0 bridgehead atoms. The van der Waals surface area contributed by atoms with Crippen LogP contribution in [0.4, 0.5) is 24.7 Å². The molecule has 2 heterocycles. The number of carbonyl (C=O) groups is 1. The second-order valence-corrected chi connectivity index (χ2v) is 6.42. The average Bonchev–Trinajstić information content (AvgIpc) is 2.71. The number of rotatable bonds is 4. The second kappa shape index (κ2) is 8.29. The Bertz CT molecular complexity index is 921. The minimum absolute atomic E-state index is 0.0841. The molecule has 1 aliphatic rings. The van der Waals surface area contributed by atoms with Gasteiger partial charge in [0.2, 0.25) is 5.91 Å². The summed E-state index contributed by atoms with van der Waals surface area (Å²) in [4.78, 5) is 29.0.